The molecule has 6 heteroatoms. The van der Waals surface area contributed by atoms with Crippen molar-refractivity contribution in [1.29, 1.82) is 0 Å². The predicted molar refractivity (Wildman–Crippen MR) is 106 cm³/mol. The number of hydrogen-bond donors (Lipinski definition) is 0. The van der Waals surface area contributed by atoms with Crippen LogP contribution in [0.15, 0.2) is 30.3 Å². The van der Waals surface area contributed by atoms with Crippen molar-refractivity contribution in [3.05, 3.63) is 58.9 Å². The van der Waals surface area contributed by atoms with Crippen molar-refractivity contribution in [2.75, 3.05) is 6.61 Å². The van der Waals surface area contributed by atoms with Crippen LogP contribution in [0.1, 0.15) is 68.3 Å². The number of benzene rings is 2. The van der Waals surface area contributed by atoms with E-state index in [-0.39, 0.29) is 11.1 Å². The van der Waals surface area contributed by atoms with Crippen LogP contribution in [-0.2, 0) is 6.42 Å². The van der Waals surface area contributed by atoms with Crippen LogP contribution in [0.25, 0.3) is 0 Å². The van der Waals surface area contributed by atoms with Crippen LogP contribution in [0.4, 0.5) is 13.2 Å². The number of aryl methyl sites for hydroxylation is 1. The summed E-state index contributed by atoms with van der Waals surface area (Å²) in [5, 5.41) is 0. The normalized spacial score (nSPS) is 10.8. The number of carbonyl (C=O) groups is 1. The maximum Gasteiger partial charge on any atom is 0.346 e. The summed E-state index contributed by atoms with van der Waals surface area (Å²) in [6, 6.07) is 6.29. The van der Waals surface area contributed by atoms with Crippen LogP contribution in [0, 0.1) is 17.5 Å². The number of unbranched alkanes of at least 4 members (excludes halogenated alkanes) is 4. The number of hydrogen-bond acceptors (Lipinski definition) is 3. The third kappa shape index (κ3) is 6.51. The van der Waals surface area contributed by atoms with Crippen LogP contribution in [0.2, 0.25) is 0 Å². The molecule has 0 spiro atoms. The summed E-state index contributed by atoms with van der Waals surface area (Å²) in [6.45, 7) is 4.44. The zero-order chi connectivity index (χ0) is 21.2. The molecule has 0 aliphatic heterocycles. The largest absolute Gasteiger partial charge is 0.493 e. The molecule has 3 nitrogen and oxygen atoms in total. The van der Waals surface area contributed by atoms with Crippen molar-refractivity contribution in [3.63, 3.8) is 0 Å². The van der Waals surface area contributed by atoms with E-state index in [1.165, 1.54) is 30.7 Å². The number of carbonyl (C=O) groups excluding carboxylic acids is 1. The van der Waals surface area contributed by atoms with E-state index in [4.69, 9.17) is 9.47 Å². The first-order chi connectivity index (χ1) is 14.0. The first kappa shape index (κ1) is 22.8. The summed E-state index contributed by atoms with van der Waals surface area (Å²) in [4.78, 5) is 12.2. The molecular weight excluding hydrogens is 381 g/mol. The standard InChI is InChI=1S/C23H27F3O3/c1-3-5-6-7-8-14-28-17-11-12-18(19(24)15-17)23(27)29-20-13-10-16(9-4-2)21(25)22(20)26/h10-13,15H,3-9,14H2,1-2H3. The van der Waals surface area contributed by atoms with Gasteiger partial charge in [0.15, 0.2) is 11.6 Å². The summed E-state index contributed by atoms with van der Waals surface area (Å²) < 4.78 is 52.7. The maximum absolute atomic E-state index is 14.3. The lowest BCUT2D eigenvalue weighted by molar-refractivity contribution is 0.0721. The van der Waals surface area contributed by atoms with Crippen LogP contribution in [0.3, 0.4) is 0 Å². The molecular formula is C23H27F3O3. The van der Waals surface area contributed by atoms with Gasteiger partial charge in [0.25, 0.3) is 0 Å². The molecule has 0 bridgehead atoms. The molecule has 2 rings (SSSR count). The molecule has 2 aromatic carbocycles. The first-order valence-corrected chi connectivity index (χ1v) is 10.1. The Morgan fingerprint density at radius 1 is 0.897 bits per heavy atom. The highest BCUT2D eigenvalue weighted by molar-refractivity contribution is 5.91. The lowest BCUT2D eigenvalue weighted by Gasteiger charge is -2.10. The summed E-state index contributed by atoms with van der Waals surface area (Å²) in [6.07, 6.45) is 6.39. The number of esters is 1. The van der Waals surface area contributed by atoms with Crippen LogP contribution < -0.4 is 9.47 Å². The van der Waals surface area contributed by atoms with Crippen LogP contribution >= 0.6 is 0 Å². The molecule has 158 valence electrons. The zero-order valence-electron chi connectivity index (χ0n) is 16.9. The second kappa shape index (κ2) is 11.5. The molecule has 0 radical (unpaired) electrons. The minimum atomic E-state index is -1.26. The number of rotatable bonds is 11. The molecule has 29 heavy (non-hydrogen) atoms. The van der Waals surface area contributed by atoms with E-state index in [9.17, 15) is 18.0 Å². The summed E-state index contributed by atoms with van der Waals surface area (Å²) in [5.74, 6) is -4.53. The van der Waals surface area contributed by atoms with E-state index in [1.54, 1.807) is 0 Å². The van der Waals surface area contributed by atoms with Crippen molar-refractivity contribution in [1.82, 2.24) is 0 Å². The van der Waals surface area contributed by atoms with Gasteiger partial charge in [0.1, 0.15) is 11.6 Å². The average molecular weight is 408 g/mol. The third-order valence-electron chi connectivity index (χ3n) is 4.53. The Balaban J connectivity index is 1.98. The van der Waals surface area contributed by atoms with Gasteiger partial charge in [-0.2, -0.15) is 4.39 Å². The average Bonchev–Trinajstić information content (AvgIpc) is 2.70. The van der Waals surface area contributed by atoms with Gasteiger partial charge >= 0.3 is 5.97 Å². The molecule has 0 fully saturated rings. The lowest BCUT2D eigenvalue weighted by atomic mass is 10.1. The quantitative estimate of drug-likeness (QED) is 0.238. The summed E-state index contributed by atoms with van der Waals surface area (Å²) >= 11 is 0. The van der Waals surface area contributed by atoms with Crippen LogP contribution in [0.5, 0.6) is 11.5 Å². The lowest BCUT2D eigenvalue weighted by Crippen LogP contribution is -2.12. The van der Waals surface area contributed by atoms with Crippen molar-refractivity contribution in [2.45, 2.75) is 58.8 Å². The van der Waals surface area contributed by atoms with E-state index in [0.717, 1.165) is 31.7 Å². The monoisotopic (exact) mass is 408 g/mol. The Morgan fingerprint density at radius 2 is 1.66 bits per heavy atom. The molecule has 0 N–H and O–H groups in total. The van der Waals surface area contributed by atoms with Gasteiger partial charge in [-0.25, -0.2) is 13.6 Å². The van der Waals surface area contributed by atoms with Crippen molar-refractivity contribution in [2.24, 2.45) is 0 Å². The Bertz CT molecular complexity index is 821. The molecule has 0 unspecified atom stereocenters. The molecule has 0 atom stereocenters. The predicted octanol–water partition coefficient (Wildman–Crippen LogP) is 6.62. The molecule has 0 saturated carbocycles. The Kier molecular flexibility index (Phi) is 9.03. The van der Waals surface area contributed by atoms with E-state index in [2.05, 4.69) is 6.92 Å². The van der Waals surface area contributed by atoms with Gasteiger partial charge < -0.3 is 9.47 Å². The summed E-state index contributed by atoms with van der Waals surface area (Å²) in [5.41, 5.74) is -0.176. The molecule has 0 aliphatic rings. The second-order valence-corrected chi connectivity index (χ2v) is 6.89. The van der Waals surface area contributed by atoms with Crippen molar-refractivity contribution in [3.8, 4) is 11.5 Å². The summed E-state index contributed by atoms with van der Waals surface area (Å²) in [7, 11) is 0. The van der Waals surface area contributed by atoms with Crippen LogP contribution in [-0.4, -0.2) is 12.6 Å². The third-order valence-corrected chi connectivity index (χ3v) is 4.53. The fraction of sp³-hybridized carbons (Fsp3) is 0.435. The number of ether oxygens (including phenoxy) is 2. The Morgan fingerprint density at radius 3 is 2.34 bits per heavy atom. The van der Waals surface area contributed by atoms with Gasteiger partial charge in [0.2, 0.25) is 5.82 Å². The minimum Gasteiger partial charge on any atom is -0.493 e. The van der Waals surface area contributed by atoms with E-state index in [1.807, 2.05) is 6.92 Å². The molecule has 0 amide bonds. The molecule has 0 saturated heterocycles. The molecule has 0 heterocycles. The minimum absolute atomic E-state index is 0.201. The molecule has 0 aliphatic carbocycles. The molecule has 2 aromatic rings. The van der Waals surface area contributed by atoms with Crippen molar-refractivity contribution < 1.29 is 27.4 Å². The Labute approximate surface area is 169 Å². The van der Waals surface area contributed by atoms with E-state index >= 15 is 0 Å². The fourth-order valence-corrected chi connectivity index (χ4v) is 2.91. The SMILES string of the molecule is CCCCCCCOc1ccc(C(=O)Oc2ccc(CCC)c(F)c2F)c(F)c1. The highest BCUT2D eigenvalue weighted by Gasteiger charge is 2.20. The van der Waals surface area contributed by atoms with Gasteiger partial charge in [-0.1, -0.05) is 52.0 Å². The van der Waals surface area contributed by atoms with Gasteiger partial charge in [0, 0.05) is 6.07 Å². The number of halogens is 3. The first-order valence-electron chi connectivity index (χ1n) is 10.1. The van der Waals surface area contributed by atoms with Gasteiger partial charge in [0.05, 0.1) is 12.2 Å². The Hall–Kier alpha value is -2.50. The van der Waals surface area contributed by atoms with Gasteiger partial charge in [-0.3, -0.25) is 0 Å². The highest BCUT2D eigenvalue weighted by atomic mass is 19.2. The highest BCUT2D eigenvalue weighted by Crippen LogP contribution is 2.25. The second-order valence-electron chi connectivity index (χ2n) is 6.89. The topological polar surface area (TPSA) is 35.5 Å². The maximum atomic E-state index is 14.3. The van der Waals surface area contributed by atoms with Gasteiger partial charge in [-0.05, 0) is 36.6 Å². The van der Waals surface area contributed by atoms with E-state index < -0.39 is 29.2 Å². The van der Waals surface area contributed by atoms with Crippen molar-refractivity contribution >= 4 is 5.97 Å². The van der Waals surface area contributed by atoms with Gasteiger partial charge in [-0.15, -0.1) is 0 Å². The van der Waals surface area contributed by atoms with E-state index in [0.29, 0.717) is 25.2 Å². The molecule has 0 aromatic heterocycles. The zero-order valence-corrected chi connectivity index (χ0v) is 16.9. The fourth-order valence-electron chi connectivity index (χ4n) is 2.91. The smallest absolute Gasteiger partial charge is 0.346 e.